The number of esters is 1. The van der Waals surface area contributed by atoms with Crippen LogP contribution in [0.1, 0.15) is 39.5 Å². The fraction of sp³-hybridized carbons (Fsp3) is 0.643. The van der Waals surface area contributed by atoms with Crippen LogP contribution in [0.15, 0.2) is 9.15 Å². The summed E-state index contributed by atoms with van der Waals surface area (Å²) in [7, 11) is 1.40. The highest BCUT2D eigenvalue weighted by atomic mass is 16.6. The van der Waals surface area contributed by atoms with Crippen molar-refractivity contribution in [1.82, 2.24) is 20.5 Å². The molecule has 0 radical (unpaired) electrons. The molecule has 2 aromatic heterocycles. The number of nitrogens with two attached hydrogens (primary N) is 1. The first-order chi connectivity index (χ1) is 10.8. The molecule has 0 amide bonds. The maximum absolute atomic E-state index is 12.0. The third-order valence-corrected chi connectivity index (χ3v) is 5.34. The largest absolute Gasteiger partial charge is 0.469 e. The molecule has 0 saturated heterocycles. The zero-order valence-corrected chi connectivity index (χ0v) is 13.5. The van der Waals surface area contributed by atoms with Gasteiger partial charge in [0.25, 0.3) is 0 Å². The maximum atomic E-state index is 12.0. The number of carbonyl (C=O) groups excluding carboxylic acids is 1. The first-order valence-corrected chi connectivity index (χ1v) is 7.31. The summed E-state index contributed by atoms with van der Waals surface area (Å²) in [6, 6.07) is 0. The predicted molar refractivity (Wildman–Crippen MR) is 77.9 cm³/mol. The molecule has 9 nitrogen and oxygen atoms in total. The molecule has 1 fully saturated rings. The summed E-state index contributed by atoms with van der Waals surface area (Å²) in [6.45, 7) is 6.03. The Morgan fingerprint density at radius 2 is 2.04 bits per heavy atom. The van der Waals surface area contributed by atoms with Crippen molar-refractivity contribution in [2.75, 3.05) is 12.8 Å². The van der Waals surface area contributed by atoms with E-state index in [2.05, 4.69) is 25.1 Å². The van der Waals surface area contributed by atoms with E-state index in [4.69, 9.17) is 15.0 Å². The summed E-state index contributed by atoms with van der Waals surface area (Å²) in [4.78, 5) is 16.5. The number of nitrogens with zero attached hydrogens (tertiary/aromatic N) is 4. The predicted octanol–water partition coefficient (Wildman–Crippen LogP) is 1.57. The Morgan fingerprint density at radius 1 is 1.30 bits per heavy atom. The third kappa shape index (κ3) is 2.10. The zero-order valence-electron chi connectivity index (χ0n) is 13.5. The first kappa shape index (κ1) is 15.4. The molecule has 124 valence electrons. The molecule has 3 rings (SSSR count). The Bertz CT molecular complexity index is 737. The quantitative estimate of drug-likeness (QED) is 0.837. The van der Waals surface area contributed by atoms with E-state index in [-0.39, 0.29) is 29.2 Å². The topological polar surface area (TPSA) is 130 Å². The highest BCUT2D eigenvalue weighted by Gasteiger charge is 2.58. The van der Waals surface area contributed by atoms with Gasteiger partial charge < -0.3 is 15.0 Å². The van der Waals surface area contributed by atoms with E-state index in [1.165, 1.54) is 7.11 Å². The van der Waals surface area contributed by atoms with Gasteiger partial charge in [-0.1, -0.05) is 25.9 Å². The molecule has 0 unspecified atom stereocenters. The van der Waals surface area contributed by atoms with E-state index in [1.54, 1.807) is 0 Å². The Kier molecular flexibility index (Phi) is 3.38. The van der Waals surface area contributed by atoms with E-state index in [0.29, 0.717) is 12.3 Å². The Hall–Kier alpha value is -2.45. The fourth-order valence-corrected chi connectivity index (χ4v) is 3.33. The van der Waals surface area contributed by atoms with Crippen LogP contribution < -0.4 is 5.73 Å². The lowest BCUT2D eigenvalue weighted by molar-refractivity contribution is -0.149. The summed E-state index contributed by atoms with van der Waals surface area (Å²) < 4.78 is 14.9. The number of hydrogen-bond donors (Lipinski definition) is 1. The summed E-state index contributed by atoms with van der Waals surface area (Å²) in [5, 5.41) is 11.1. The second-order valence-corrected chi connectivity index (χ2v) is 6.59. The number of ether oxygens (including phenoxy) is 1. The molecule has 23 heavy (non-hydrogen) atoms. The normalized spacial score (nSPS) is 26.3. The highest BCUT2D eigenvalue weighted by molar-refractivity contribution is 5.74. The lowest BCUT2D eigenvalue weighted by Gasteiger charge is -2.37. The zero-order chi connectivity index (χ0) is 16.8. The number of methoxy groups -OCH3 is 1. The van der Waals surface area contributed by atoms with Crippen LogP contribution in [-0.4, -0.2) is 33.5 Å². The molecule has 0 spiro atoms. The number of aromatic nitrogens is 4. The molecule has 1 aliphatic carbocycles. The van der Waals surface area contributed by atoms with Crippen molar-refractivity contribution in [2.24, 2.45) is 11.3 Å². The molecular weight excluding hydrogens is 302 g/mol. The van der Waals surface area contributed by atoms with E-state index >= 15 is 0 Å². The Labute approximate surface area is 132 Å². The van der Waals surface area contributed by atoms with Crippen molar-refractivity contribution in [1.29, 1.82) is 0 Å². The van der Waals surface area contributed by atoms with Gasteiger partial charge in [0.2, 0.25) is 11.7 Å². The van der Waals surface area contributed by atoms with Gasteiger partial charge in [0, 0.05) is 0 Å². The molecular formula is C14H19N5O4. The second-order valence-electron chi connectivity index (χ2n) is 6.59. The van der Waals surface area contributed by atoms with Crippen LogP contribution >= 0.6 is 0 Å². The fourth-order valence-electron chi connectivity index (χ4n) is 3.33. The van der Waals surface area contributed by atoms with Gasteiger partial charge in [-0.05, 0) is 28.6 Å². The van der Waals surface area contributed by atoms with Gasteiger partial charge in [-0.3, -0.25) is 4.79 Å². The van der Waals surface area contributed by atoms with Gasteiger partial charge in [0.15, 0.2) is 11.5 Å². The number of rotatable bonds is 3. The maximum Gasteiger partial charge on any atom is 0.309 e. The smallest absolute Gasteiger partial charge is 0.309 e. The standard InChI is InChI=1S/C14H19N5O4/c1-13(2)7(11(20)21-4)5-6-14(13,3)12-16-10(19-22-12)8-9(15)18-23-17-8/h7H,5-6H2,1-4H3,(H2,15,18)/t7-,14+/m0/s1. The van der Waals surface area contributed by atoms with Gasteiger partial charge in [0.05, 0.1) is 18.4 Å². The summed E-state index contributed by atoms with van der Waals surface area (Å²) in [5.74, 6) is 0.305. The third-order valence-electron chi connectivity index (χ3n) is 5.34. The van der Waals surface area contributed by atoms with Gasteiger partial charge >= 0.3 is 5.97 Å². The lowest BCUT2D eigenvalue weighted by Crippen LogP contribution is -2.41. The Balaban J connectivity index is 1.97. The van der Waals surface area contributed by atoms with Crippen LogP contribution in [-0.2, 0) is 14.9 Å². The van der Waals surface area contributed by atoms with Crippen molar-refractivity contribution < 1.29 is 18.7 Å². The SMILES string of the molecule is COC(=O)[C@@H]1CC[C@](C)(c2nc(-c3nonc3N)no2)C1(C)C. The van der Waals surface area contributed by atoms with Crippen LogP contribution in [0.25, 0.3) is 11.5 Å². The molecule has 2 heterocycles. The molecule has 2 N–H and O–H groups in total. The molecule has 9 heteroatoms. The summed E-state index contributed by atoms with van der Waals surface area (Å²) in [5.41, 5.74) is 5.02. The molecule has 0 bridgehead atoms. The van der Waals surface area contributed by atoms with E-state index in [1.807, 2.05) is 20.8 Å². The highest BCUT2D eigenvalue weighted by Crippen LogP contribution is 2.57. The minimum absolute atomic E-state index is 0.0978. The summed E-state index contributed by atoms with van der Waals surface area (Å²) >= 11 is 0. The van der Waals surface area contributed by atoms with Crippen molar-refractivity contribution in [2.45, 2.75) is 39.0 Å². The van der Waals surface area contributed by atoms with Gasteiger partial charge in [-0.2, -0.15) is 4.98 Å². The van der Waals surface area contributed by atoms with Gasteiger partial charge in [-0.25, -0.2) is 4.63 Å². The number of carbonyl (C=O) groups is 1. The van der Waals surface area contributed by atoms with Crippen molar-refractivity contribution in [3.63, 3.8) is 0 Å². The van der Waals surface area contributed by atoms with Crippen LogP contribution in [0.3, 0.4) is 0 Å². The average molecular weight is 321 g/mol. The molecule has 0 aliphatic heterocycles. The van der Waals surface area contributed by atoms with Crippen LogP contribution in [0.4, 0.5) is 5.82 Å². The summed E-state index contributed by atoms with van der Waals surface area (Å²) in [6.07, 6.45) is 1.43. The monoisotopic (exact) mass is 321 g/mol. The molecule has 2 atom stereocenters. The van der Waals surface area contributed by atoms with E-state index in [9.17, 15) is 4.79 Å². The lowest BCUT2D eigenvalue weighted by atomic mass is 9.65. The first-order valence-electron chi connectivity index (χ1n) is 7.31. The Morgan fingerprint density at radius 3 is 2.65 bits per heavy atom. The second kappa shape index (κ2) is 5.04. The van der Waals surface area contributed by atoms with Crippen molar-refractivity contribution >= 4 is 11.8 Å². The van der Waals surface area contributed by atoms with Crippen LogP contribution in [0.5, 0.6) is 0 Å². The minimum Gasteiger partial charge on any atom is -0.469 e. The van der Waals surface area contributed by atoms with E-state index < -0.39 is 10.8 Å². The molecule has 2 aromatic rings. The molecule has 1 saturated carbocycles. The van der Waals surface area contributed by atoms with Gasteiger partial charge in [-0.15, -0.1) is 0 Å². The van der Waals surface area contributed by atoms with Crippen LogP contribution in [0.2, 0.25) is 0 Å². The number of hydrogen-bond acceptors (Lipinski definition) is 9. The minimum atomic E-state index is -0.469. The molecule has 0 aromatic carbocycles. The van der Waals surface area contributed by atoms with Gasteiger partial charge in [0.1, 0.15) is 0 Å². The molecule has 1 aliphatic rings. The van der Waals surface area contributed by atoms with E-state index in [0.717, 1.165) is 6.42 Å². The number of nitrogen functional groups attached to an aromatic ring is 1. The van der Waals surface area contributed by atoms with Crippen molar-refractivity contribution in [3.8, 4) is 11.5 Å². The number of anilines is 1. The van der Waals surface area contributed by atoms with Crippen molar-refractivity contribution in [3.05, 3.63) is 5.89 Å². The van der Waals surface area contributed by atoms with Crippen LogP contribution in [0, 0.1) is 11.3 Å². The average Bonchev–Trinajstić information content (AvgIpc) is 3.19.